The maximum atomic E-state index is 13.4. The lowest BCUT2D eigenvalue weighted by atomic mass is 10.2. The van der Waals surface area contributed by atoms with Gasteiger partial charge in [0.05, 0.1) is 14.9 Å². The smallest absolute Gasteiger partial charge is 0.353 e. The summed E-state index contributed by atoms with van der Waals surface area (Å²) in [6, 6.07) is 28.0. The van der Waals surface area contributed by atoms with Crippen LogP contribution in [0.2, 0.25) is 15.1 Å². The van der Waals surface area contributed by atoms with E-state index < -0.39 is 16.3 Å². The standard InChI is InChI=1S/C25H17Cl3O3S/c26-17-15-21(27)24(22(28)16-17)32(18-9-3-1-4-10-18,19-11-5-2-6-12-19)31-25(30)20-13-7-8-14-23(20)29/h1-16,29H. The highest BCUT2D eigenvalue weighted by atomic mass is 35.5. The molecule has 0 aliphatic carbocycles. The number of hydrogen-bond donors (Lipinski definition) is 1. The number of carbonyl (C=O) groups excluding carboxylic acids is 1. The van der Waals surface area contributed by atoms with E-state index in [1.807, 2.05) is 60.7 Å². The minimum absolute atomic E-state index is 0.0393. The number of benzene rings is 4. The Bertz CT molecular complexity index is 1200. The van der Waals surface area contributed by atoms with Crippen molar-refractivity contribution in [1.29, 1.82) is 0 Å². The maximum absolute atomic E-state index is 13.4. The predicted molar refractivity (Wildman–Crippen MR) is 130 cm³/mol. The Morgan fingerprint density at radius 3 is 1.69 bits per heavy atom. The third-order valence-electron chi connectivity index (χ3n) is 4.73. The van der Waals surface area contributed by atoms with Crippen LogP contribution in [-0.4, -0.2) is 11.1 Å². The Labute approximate surface area is 202 Å². The van der Waals surface area contributed by atoms with Crippen LogP contribution in [0.1, 0.15) is 10.4 Å². The Morgan fingerprint density at radius 2 is 1.19 bits per heavy atom. The largest absolute Gasteiger partial charge is 0.507 e. The summed E-state index contributed by atoms with van der Waals surface area (Å²) in [6.07, 6.45) is 0. The molecule has 0 amide bonds. The summed E-state index contributed by atoms with van der Waals surface area (Å²) in [5.41, 5.74) is 0.0393. The maximum Gasteiger partial charge on any atom is 0.353 e. The molecule has 0 aromatic heterocycles. The third-order valence-corrected chi connectivity index (χ3v) is 9.05. The molecule has 4 aromatic carbocycles. The van der Waals surface area contributed by atoms with Crippen molar-refractivity contribution in [2.24, 2.45) is 0 Å². The van der Waals surface area contributed by atoms with Crippen LogP contribution in [0.5, 0.6) is 5.75 Å². The first kappa shape index (κ1) is 22.6. The topological polar surface area (TPSA) is 46.5 Å². The summed E-state index contributed by atoms with van der Waals surface area (Å²) < 4.78 is 6.34. The molecule has 0 aliphatic heterocycles. The SMILES string of the molecule is O=C(OS(c1ccccc1)(c1ccccc1)c1c(Cl)cc(Cl)cc1Cl)c1ccccc1O. The van der Waals surface area contributed by atoms with Crippen molar-refractivity contribution in [3.63, 3.8) is 0 Å². The van der Waals surface area contributed by atoms with E-state index in [-0.39, 0.29) is 21.4 Å². The summed E-state index contributed by atoms with van der Waals surface area (Å²) in [7, 11) is -2.76. The van der Waals surface area contributed by atoms with Crippen LogP contribution in [-0.2, 0) is 4.18 Å². The van der Waals surface area contributed by atoms with E-state index in [9.17, 15) is 9.90 Å². The van der Waals surface area contributed by atoms with Gasteiger partial charge in [-0.15, -0.1) is 0 Å². The molecule has 0 spiro atoms. The summed E-state index contributed by atoms with van der Waals surface area (Å²) in [5.74, 6) is -0.881. The molecule has 0 heterocycles. The second-order valence-electron chi connectivity index (χ2n) is 6.77. The van der Waals surface area contributed by atoms with Crippen LogP contribution >= 0.6 is 45.1 Å². The third kappa shape index (κ3) is 4.19. The first-order valence-electron chi connectivity index (χ1n) is 9.53. The van der Waals surface area contributed by atoms with Gasteiger partial charge >= 0.3 is 5.97 Å². The number of rotatable bonds is 5. The molecule has 1 N–H and O–H groups in total. The molecule has 0 bridgehead atoms. The molecule has 3 nitrogen and oxygen atoms in total. The lowest BCUT2D eigenvalue weighted by molar-refractivity contribution is 0.0754. The first-order valence-corrected chi connectivity index (χ1v) is 12.2. The van der Waals surface area contributed by atoms with Gasteiger partial charge in [-0.1, -0.05) is 83.3 Å². The van der Waals surface area contributed by atoms with Gasteiger partial charge in [-0.25, -0.2) is 4.79 Å². The molecule has 32 heavy (non-hydrogen) atoms. The van der Waals surface area contributed by atoms with Crippen LogP contribution in [0.15, 0.2) is 112 Å². The van der Waals surface area contributed by atoms with Crippen molar-refractivity contribution < 1.29 is 14.1 Å². The van der Waals surface area contributed by atoms with Gasteiger partial charge in [-0.2, -0.15) is 0 Å². The summed E-state index contributed by atoms with van der Waals surface area (Å²) >= 11 is 19.6. The second kappa shape index (κ2) is 9.47. The van der Waals surface area contributed by atoms with Gasteiger partial charge in [0.15, 0.2) is 0 Å². The molecule has 7 heteroatoms. The van der Waals surface area contributed by atoms with Crippen molar-refractivity contribution in [3.8, 4) is 5.75 Å². The number of para-hydroxylation sites is 1. The summed E-state index contributed by atoms with van der Waals surface area (Å²) in [5, 5.41) is 11.2. The second-order valence-corrected chi connectivity index (χ2v) is 10.6. The van der Waals surface area contributed by atoms with E-state index in [0.29, 0.717) is 19.7 Å². The Morgan fingerprint density at radius 1 is 0.719 bits per heavy atom. The van der Waals surface area contributed by atoms with E-state index in [4.69, 9.17) is 39.0 Å². The highest BCUT2D eigenvalue weighted by Gasteiger charge is 2.40. The van der Waals surface area contributed by atoms with E-state index in [1.54, 1.807) is 24.3 Å². The zero-order valence-corrected chi connectivity index (χ0v) is 19.6. The number of halogens is 3. The fraction of sp³-hybridized carbons (Fsp3) is 0. The Kier molecular flexibility index (Phi) is 6.68. The van der Waals surface area contributed by atoms with Gasteiger partial charge < -0.3 is 9.29 Å². The van der Waals surface area contributed by atoms with Gasteiger partial charge in [0.2, 0.25) is 0 Å². The summed E-state index contributed by atoms with van der Waals surface area (Å²) in [4.78, 5) is 15.3. The van der Waals surface area contributed by atoms with Gasteiger partial charge in [-0.05, 0) is 58.8 Å². The van der Waals surface area contributed by atoms with Crippen molar-refractivity contribution >= 4 is 51.1 Å². The van der Waals surface area contributed by atoms with E-state index in [1.165, 1.54) is 12.1 Å². The van der Waals surface area contributed by atoms with Crippen molar-refractivity contribution in [2.45, 2.75) is 14.7 Å². The number of hydrogen-bond acceptors (Lipinski definition) is 3. The van der Waals surface area contributed by atoms with Crippen molar-refractivity contribution in [1.82, 2.24) is 0 Å². The average molecular weight is 504 g/mol. The fourth-order valence-corrected chi connectivity index (χ4v) is 7.90. The van der Waals surface area contributed by atoms with Crippen molar-refractivity contribution in [3.05, 3.63) is 118 Å². The number of aromatic hydroxyl groups is 1. The molecule has 162 valence electrons. The average Bonchev–Trinajstić information content (AvgIpc) is 2.79. The van der Waals surface area contributed by atoms with Crippen molar-refractivity contribution in [2.75, 3.05) is 0 Å². The highest BCUT2D eigenvalue weighted by Crippen LogP contribution is 2.72. The van der Waals surface area contributed by atoms with E-state index >= 15 is 0 Å². The molecule has 0 unspecified atom stereocenters. The molecule has 0 saturated heterocycles. The summed E-state index contributed by atoms with van der Waals surface area (Å²) in [6.45, 7) is 0. The zero-order valence-electron chi connectivity index (χ0n) is 16.5. The molecular formula is C25H17Cl3O3S. The fourth-order valence-electron chi connectivity index (χ4n) is 3.34. The van der Waals surface area contributed by atoms with Crippen LogP contribution in [0, 0.1) is 0 Å². The Hall–Kier alpha value is -2.63. The van der Waals surface area contributed by atoms with E-state index in [2.05, 4.69) is 0 Å². The molecule has 4 rings (SSSR count). The van der Waals surface area contributed by atoms with Gasteiger partial charge in [0.25, 0.3) is 0 Å². The number of phenolic OH excluding ortho intramolecular Hbond substituents is 1. The van der Waals surface area contributed by atoms with Crippen LogP contribution in [0.4, 0.5) is 0 Å². The first-order chi connectivity index (χ1) is 15.4. The monoisotopic (exact) mass is 502 g/mol. The van der Waals surface area contributed by atoms with Crippen LogP contribution in [0.25, 0.3) is 0 Å². The normalized spacial score (nSPS) is 11.7. The van der Waals surface area contributed by atoms with Crippen LogP contribution in [0.3, 0.4) is 0 Å². The van der Waals surface area contributed by atoms with Crippen LogP contribution < -0.4 is 0 Å². The quantitative estimate of drug-likeness (QED) is 0.297. The molecular weight excluding hydrogens is 487 g/mol. The molecule has 0 atom stereocenters. The highest BCUT2D eigenvalue weighted by molar-refractivity contribution is 8.30. The minimum Gasteiger partial charge on any atom is -0.507 e. The molecule has 0 aliphatic rings. The van der Waals surface area contributed by atoms with Gasteiger partial charge in [0.1, 0.15) is 11.3 Å². The number of carbonyl (C=O) groups is 1. The zero-order chi connectivity index (χ0) is 22.7. The molecule has 4 aromatic rings. The van der Waals surface area contributed by atoms with Gasteiger partial charge in [0, 0.05) is 14.8 Å². The predicted octanol–water partition coefficient (Wildman–Crippen LogP) is 8.41. The minimum atomic E-state index is -2.76. The number of phenols is 1. The molecule has 0 saturated carbocycles. The van der Waals surface area contributed by atoms with E-state index in [0.717, 1.165) is 0 Å². The lowest BCUT2D eigenvalue weighted by Gasteiger charge is -2.40. The Balaban J connectivity index is 2.05. The molecule has 0 radical (unpaired) electrons. The lowest BCUT2D eigenvalue weighted by Crippen LogP contribution is -2.15. The molecule has 0 fully saturated rings. The van der Waals surface area contributed by atoms with Gasteiger partial charge in [-0.3, -0.25) is 0 Å².